The standard InChI is InChI=1S/C12H15Cl2NO3/c1-7(2)15-5-8-3-9(13)4-10(14)12(8)18-6-11(16)17/h3-4,7,15H,5-6H2,1-2H3,(H,16,17). The van der Waals surface area contributed by atoms with Gasteiger partial charge in [0, 0.05) is 23.2 Å². The normalized spacial score (nSPS) is 10.7. The zero-order chi connectivity index (χ0) is 13.7. The molecule has 2 N–H and O–H groups in total. The Balaban J connectivity index is 2.93. The van der Waals surface area contributed by atoms with Crippen molar-refractivity contribution in [1.29, 1.82) is 0 Å². The summed E-state index contributed by atoms with van der Waals surface area (Å²) < 4.78 is 5.19. The van der Waals surface area contributed by atoms with Gasteiger partial charge in [-0.25, -0.2) is 4.79 Å². The van der Waals surface area contributed by atoms with Gasteiger partial charge in [0.1, 0.15) is 5.75 Å². The van der Waals surface area contributed by atoms with Crippen LogP contribution in [0, 0.1) is 0 Å². The molecule has 0 atom stereocenters. The monoisotopic (exact) mass is 291 g/mol. The van der Waals surface area contributed by atoms with Crippen LogP contribution in [0.4, 0.5) is 0 Å². The molecule has 6 heteroatoms. The second kappa shape index (κ2) is 6.83. The minimum Gasteiger partial charge on any atom is -0.480 e. The molecule has 0 saturated carbocycles. The highest BCUT2D eigenvalue weighted by Crippen LogP contribution is 2.32. The zero-order valence-corrected chi connectivity index (χ0v) is 11.7. The lowest BCUT2D eigenvalue weighted by atomic mass is 10.2. The van der Waals surface area contributed by atoms with Crippen LogP contribution in [-0.4, -0.2) is 23.7 Å². The minimum absolute atomic E-state index is 0.287. The van der Waals surface area contributed by atoms with Crippen molar-refractivity contribution in [2.75, 3.05) is 6.61 Å². The molecule has 0 radical (unpaired) electrons. The fourth-order valence-corrected chi connectivity index (χ4v) is 1.94. The number of rotatable bonds is 6. The van der Waals surface area contributed by atoms with Gasteiger partial charge in [-0.3, -0.25) is 0 Å². The Bertz CT molecular complexity index is 436. The van der Waals surface area contributed by atoms with Crippen molar-refractivity contribution in [2.24, 2.45) is 0 Å². The van der Waals surface area contributed by atoms with Crippen LogP contribution < -0.4 is 10.1 Å². The van der Waals surface area contributed by atoms with E-state index in [1.54, 1.807) is 6.07 Å². The summed E-state index contributed by atoms with van der Waals surface area (Å²) in [7, 11) is 0. The number of carboxylic acids is 1. The summed E-state index contributed by atoms with van der Waals surface area (Å²) in [5, 5.41) is 12.6. The summed E-state index contributed by atoms with van der Waals surface area (Å²) in [6, 6.07) is 3.52. The van der Waals surface area contributed by atoms with E-state index in [0.29, 0.717) is 22.3 Å². The Kier molecular flexibility index (Phi) is 5.72. The molecule has 1 aromatic carbocycles. The maximum absolute atomic E-state index is 10.5. The molecule has 0 spiro atoms. The third-order valence-electron chi connectivity index (χ3n) is 2.13. The molecule has 100 valence electrons. The van der Waals surface area contributed by atoms with Crippen LogP contribution in [0.3, 0.4) is 0 Å². The van der Waals surface area contributed by atoms with Crippen molar-refractivity contribution >= 4 is 29.2 Å². The fourth-order valence-electron chi connectivity index (χ4n) is 1.35. The number of hydrogen-bond donors (Lipinski definition) is 2. The Morgan fingerprint density at radius 3 is 2.67 bits per heavy atom. The zero-order valence-electron chi connectivity index (χ0n) is 10.2. The van der Waals surface area contributed by atoms with Gasteiger partial charge in [0.15, 0.2) is 6.61 Å². The highest BCUT2D eigenvalue weighted by atomic mass is 35.5. The Morgan fingerprint density at radius 2 is 2.11 bits per heavy atom. The van der Waals surface area contributed by atoms with Crippen LogP contribution in [0.1, 0.15) is 19.4 Å². The summed E-state index contributed by atoms with van der Waals surface area (Å²) in [6.07, 6.45) is 0. The lowest BCUT2D eigenvalue weighted by Crippen LogP contribution is -2.22. The quantitative estimate of drug-likeness (QED) is 0.846. The molecule has 0 aliphatic rings. The third-order valence-corrected chi connectivity index (χ3v) is 2.63. The number of carbonyl (C=O) groups is 1. The average molecular weight is 292 g/mol. The van der Waals surface area contributed by atoms with E-state index in [0.717, 1.165) is 5.56 Å². The van der Waals surface area contributed by atoms with Crippen LogP contribution >= 0.6 is 23.2 Å². The molecule has 0 fully saturated rings. The molecule has 0 saturated heterocycles. The molecule has 4 nitrogen and oxygen atoms in total. The Hall–Kier alpha value is -0.970. The van der Waals surface area contributed by atoms with Gasteiger partial charge in [0.2, 0.25) is 0 Å². The van der Waals surface area contributed by atoms with Gasteiger partial charge in [-0.2, -0.15) is 0 Å². The predicted molar refractivity (Wildman–Crippen MR) is 71.6 cm³/mol. The number of benzene rings is 1. The highest BCUT2D eigenvalue weighted by Gasteiger charge is 2.12. The molecule has 0 amide bonds. The Labute approximate surface area is 116 Å². The van der Waals surface area contributed by atoms with Crippen molar-refractivity contribution in [3.8, 4) is 5.75 Å². The molecule has 0 unspecified atom stereocenters. The fraction of sp³-hybridized carbons (Fsp3) is 0.417. The highest BCUT2D eigenvalue weighted by molar-refractivity contribution is 6.35. The van der Waals surface area contributed by atoms with Crippen molar-refractivity contribution < 1.29 is 14.6 Å². The van der Waals surface area contributed by atoms with Gasteiger partial charge < -0.3 is 15.2 Å². The van der Waals surface area contributed by atoms with E-state index in [4.69, 9.17) is 33.0 Å². The summed E-state index contributed by atoms with van der Waals surface area (Å²) >= 11 is 11.9. The molecule has 0 aliphatic carbocycles. The second-order valence-corrected chi connectivity index (χ2v) is 4.94. The first-order chi connectivity index (χ1) is 8.40. The van der Waals surface area contributed by atoms with Crippen LogP contribution in [-0.2, 0) is 11.3 Å². The summed E-state index contributed by atoms with van der Waals surface area (Å²) in [5.41, 5.74) is 0.738. The smallest absolute Gasteiger partial charge is 0.341 e. The lowest BCUT2D eigenvalue weighted by Gasteiger charge is -2.14. The van der Waals surface area contributed by atoms with Gasteiger partial charge in [0.05, 0.1) is 5.02 Å². The summed E-state index contributed by atoms with van der Waals surface area (Å²) in [5.74, 6) is -0.694. The summed E-state index contributed by atoms with van der Waals surface area (Å²) in [4.78, 5) is 10.5. The molecule has 0 heterocycles. The van der Waals surface area contributed by atoms with Gasteiger partial charge in [-0.05, 0) is 12.1 Å². The van der Waals surface area contributed by atoms with Gasteiger partial charge >= 0.3 is 5.97 Å². The second-order valence-electron chi connectivity index (χ2n) is 4.09. The van der Waals surface area contributed by atoms with Gasteiger partial charge in [0.25, 0.3) is 0 Å². The first-order valence-electron chi connectivity index (χ1n) is 5.46. The lowest BCUT2D eigenvalue weighted by molar-refractivity contribution is -0.139. The molecular weight excluding hydrogens is 277 g/mol. The number of hydrogen-bond acceptors (Lipinski definition) is 3. The first kappa shape index (κ1) is 15.1. The molecule has 1 aromatic rings. The van der Waals surface area contributed by atoms with E-state index in [1.807, 2.05) is 13.8 Å². The van der Waals surface area contributed by atoms with Crippen molar-refractivity contribution in [2.45, 2.75) is 26.4 Å². The minimum atomic E-state index is -1.05. The summed E-state index contributed by atoms with van der Waals surface area (Å²) in [6.45, 7) is 4.08. The molecule has 0 aromatic heterocycles. The van der Waals surface area contributed by atoms with E-state index < -0.39 is 12.6 Å². The van der Waals surface area contributed by atoms with Crippen LogP contribution in [0.15, 0.2) is 12.1 Å². The van der Waals surface area contributed by atoms with Crippen molar-refractivity contribution in [1.82, 2.24) is 5.32 Å². The number of ether oxygens (including phenoxy) is 1. The molecular formula is C12H15Cl2NO3. The maximum atomic E-state index is 10.5. The van der Waals surface area contributed by atoms with Crippen LogP contribution in [0.5, 0.6) is 5.75 Å². The van der Waals surface area contributed by atoms with E-state index in [2.05, 4.69) is 5.32 Å². The third kappa shape index (κ3) is 4.72. The van der Waals surface area contributed by atoms with E-state index >= 15 is 0 Å². The van der Waals surface area contributed by atoms with E-state index in [9.17, 15) is 4.79 Å². The molecule has 1 rings (SSSR count). The van der Waals surface area contributed by atoms with E-state index in [1.165, 1.54) is 6.07 Å². The largest absolute Gasteiger partial charge is 0.480 e. The first-order valence-corrected chi connectivity index (χ1v) is 6.21. The molecule has 0 aliphatic heterocycles. The van der Waals surface area contributed by atoms with Crippen LogP contribution in [0.2, 0.25) is 10.0 Å². The van der Waals surface area contributed by atoms with Crippen molar-refractivity contribution in [3.63, 3.8) is 0 Å². The van der Waals surface area contributed by atoms with E-state index in [-0.39, 0.29) is 6.04 Å². The SMILES string of the molecule is CC(C)NCc1cc(Cl)cc(Cl)c1OCC(=O)O. The number of carboxylic acid groups (broad SMARTS) is 1. The molecule has 18 heavy (non-hydrogen) atoms. The van der Waals surface area contributed by atoms with Crippen molar-refractivity contribution in [3.05, 3.63) is 27.7 Å². The maximum Gasteiger partial charge on any atom is 0.341 e. The predicted octanol–water partition coefficient (Wildman–Crippen LogP) is 2.95. The number of nitrogens with one attached hydrogen (secondary N) is 1. The number of halogens is 2. The van der Waals surface area contributed by atoms with Crippen LogP contribution in [0.25, 0.3) is 0 Å². The van der Waals surface area contributed by atoms with Gasteiger partial charge in [-0.1, -0.05) is 37.0 Å². The topological polar surface area (TPSA) is 58.6 Å². The van der Waals surface area contributed by atoms with Gasteiger partial charge in [-0.15, -0.1) is 0 Å². The number of aliphatic carboxylic acids is 1. The Morgan fingerprint density at radius 1 is 1.44 bits per heavy atom. The molecule has 0 bridgehead atoms. The average Bonchev–Trinajstić information content (AvgIpc) is 2.24.